The monoisotopic (exact) mass is 536 g/mol. The van der Waals surface area contributed by atoms with Gasteiger partial charge < -0.3 is 15.4 Å². The molecule has 4 saturated heterocycles. The van der Waals surface area contributed by atoms with Crippen molar-refractivity contribution in [1.29, 1.82) is 0 Å². The van der Waals surface area contributed by atoms with Gasteiger partial charge in [-0.1, -0.05) is 0 Å². The van der Waals surface area contributed by atoms with Gasteiger partial charge in [0, 0.05) is 18.5 Å². The normalized spacial score (nSPS) is 26.4. The van der Waals surface area contributed by atoms with Gasteiger partial charge in [0.15, 0.2) is 11.6 Å². The molecule has 34 heavy (non-hydrogen) atoms. The lowest BCUT2D eigenvalue weighted by atomic mass is 9.89. The summed E-state index contributed by atoms with van der Waals surface area (Å²) in [6.45, 7) is 4.36. The fourth-order valence-corrected chi connectivity index (χ4v) is 6.56. The highest BCUT2D eigenvalue weighted by molar-refractivity contribution is 9.10. The third-order valence-corrected chi connectivity index (χ3v) is 8.70. The summed E-state index contributed by atoms with van der Waals surface area (Å²) in [4.78, 5) is 26.0. The van der Waals surface area contributed by atoms with Crippen molar-refractivity contribution in [2.45, 2.75) is 49.6 Å². The molecule has 4 aliphatic heterocycles. The maximum atomic E-state index is 15.2. The Morgan fingerprint density at radius 2 is 1.91 bits per heavy atom. The van der Waals surface area contributed by atoms with Crippen LogP contribution in [-0.2, 0) is 0 Å². The van der Waals surface area contributed by atoms with Crippen LogP contribution >= 0.6 is 15.9 Å². The Morgan fingerprint density at radius 3 is 2.65 bits per heavy atom. The number of ether oxygens (including phenoxy) is 1. The molecule has 4 aliphatic rings. The molecule has 0 aliphatic carbocycles. The summed E-state index contributed by atoms with van der Waals surface area (Å²) in [5.41, 5.74) is -0.681. The Hall–Kier alpha value is -2.11. The first-order valence-electron chi connectivity index (χ1n) is 11.9. The first-order chi connectivity index (χ1) is 16.4. The predicted molar refractivity (Wildman–Crippen MR) is 126 cm³/mol. The van der Waals surface area contributed by atoms with E-state index in [1.807, 2.05) is 0 Å². The lowest BCUT2D eigenvalue weighted by Gasteiger charge is -2.40. The highest BCUT2D eigenvalue weighted by Gasteiger charge is 2.49. The highest BCUT2D eigenvalue weighted by Crippen LogP contribution is 2.41. The van der Waals surface area contributed by atoms with Gasteiger partial charge in [-0.05, 0) is 80.2 Å². The number of nitrogens with zero attached hydrogens (tertiary/aromatic N) is 4. The number of benzene rings is 1. The highest BCUT2D eigenvalue weighted by atomic mass is 79.9. The molecule has 0 bridgehead atoms. The molecule has 0 radical (unpaired) electrons. The van der Waals surface area contributed by atoms with Crippen molar-refractivity contribution >= 4 is 38.7 Å². The third kappa shape index (κ3) is 3.38. The third-order valence-electron chi connectivity index (χ3n) is 7.98. The number of halogens is 3. The summed E-state index contributed by atoms with van der Waals surface area (Å²) in [7, 11) is 0. The van der Waals surface area contributed by atoms with E-state index < -0.39 is 17.2 Å². The topological polar surface area (TPSA) is 82.6 Å². The Morgan fingerprint density at radius 1 is 1.12 bits per heavy atom. The molecule has 2 aromatic rings. The van der Waals surface area contributed by atoms with E-state index in [0.717, 1.165) is 58.2 Å². The molecule has 11 heteroatoms. The molecule has 1 atom stereocenters. The Labute approximate surface area is 204 Å². The van der Waals surface area contributed by atoms with E-state index in [1.54, 1.807) is 4.90 Å². The molecule has 2 amide bonds. The number of hydrogen-bond donors (Lipinski definition) is 2. The standard InChI is InChI=1S/C23H27BrF2N6O2/c24-16-15(25)10-14-18(17(16)26)29-20(34-13-22-5-2-8-31(22)9-3-6-22)30-19(14)32-21(33)28-12-23(32)4-1-7-27-11-23/h10,27H,1-9,11-13H2,(H,28,33). The number of rotatable bonds is 4. The van der Waals surface area contributed by atoms with E-state index in [2.05, 4.69) is 41.4 Å². The van der Waals surface area contributed by atoms with Gasteiger partial charge in [0.2, 0.25) is 0 Å². The summed E-state index contributed by atoms with van der Waals surface area (Å²) >= 11 is 2.98. The minimum Gasteiger partial charge on any atom is -0.461 e. The van der Waals surface area contributed by atoms with Crippen molar-refractivity contribution in [2.24, 2.45) is 0 Å². The second-order valence-corrected chi connectivity index (χ2v) is 10.7. The van der Waals surface area contributed by atoms with Gasteiger partial charge in [-0.25, -0.2) is 13.6 Å². The van der Waals surface area contributed by atoms with Crippen LogP contribution in [-0.4, -0.2) is 71.3 Å². The van der Waals surface area contributed by atoms with Crippen molar-refractivity contribution in [3.63, 3.8) is 0 Å². The van der Waals surface area contributed by atoms with Crippen molar-refractivity contribution in [3.8, 4) is 6.01 Å². The van der Waals surface area contributed by atoms with Gasteiger partial charge in [-0.3, -0.25) is 9.80 Å². The molecule has 5 heterocycles. The van der Waals surface area contributed by atoms with Crippen LogP contribution in [0.3, 0.4) is 0 Å². The molecular formula is C23H27BrF2N6O2. The molecule has 6 rings (SSSR count). The van der Waals surface area contributed by atoms with Gasteiger partial charge >= 0.3 is 12.0 Å². The second-order valence-electron chi connectivity index (χ2n) is 9.92. The molecule has 4 fully saturated rings. The van der Waals surface area contributed by atoms with Crippen LogP contribution < -0.4 is 20.3 Å². The van der Waals surface area contributed by atoms with Crippen molar-refractivity contribution in [3.05, 3.63) is 22.2 Å². The number of aromatic nitrogens is 2. The number of anilines is 1. The van der Waals surface area contributed by atoms with Crippen LogP contribution in [0.25, 0.3) is 10.9 Å². The molecule has 2 N–H and O–H groups in total. The van der Waals surface area contributed by atoms with E-state index in [9.17, 15) is 9.18 Å². The van der Waals surface area contributed by atoms with E-state index in [-0.39, 0.29) is 38.8 Å². The van der Waals surface area contributed by atoms with E-state index in [1.165, 1.54) is 6.07 Å². The first-order valence-corrected chi connectivity index (χ1v) is 12.7. The van der Waals surface area contributed by atoms with Crippen LogP contribution in [0.4, 0.5) is 19.4 Å². The van der Waals surface area contributed by atoms with E-state index in [0.29, 0.717) is 19.7 Å². The minimum absolute atomic E-state index is 0.00616. The van der Waals surface area contributed by atoms with Gasteiger partial charge in [0.05, 0.1) is 15.6 Å². The van der Waals surface area contributed by atoms with Crippen molar-refractivity contribution in [1.82, 2.24) is 25.5 Å². The number of fused-ring (bicyclic) bond motifs is 2. The van der Waals surface area contributed by atoms with Crippen LogP contribution in [0.15, 0.2) is 10.5 Å². The van der Waals surface area contributed by atoms with Crippen LogP contribution in [0.1, 0.15) is 38.5 Å². The van der Waals surface area contributed by atoms with Gasteiger partial charge in [-0.2, -0.15) is 9.97 Å². The van der Waals surface area contributed by atoms with Crippen LogP contribution in [0.2, 0.25) is 0 Å². The molecule has 1 unspecified atom stereocenters. The molecule has 1 aromatic carbocycles. The zero-order valence-corrected chi connectivity index (χ0v) is 20.4. The first kappa shape index (κ1) is 22.4. The Balaban J connectivity index is 1.45. The lowest BCUT2D eigenvalue weighted by molar-refractivity contribution is 0.108. The Bertz CT molecular complexity index is 1150. The fraction of sp³-hybridized carbons (Fsp3) is 0.609. The number of carbonyl (C=O) groups is 1. The largest absolute Gasteiger partial charge is 0.461 e. The zero-order valence-electron chi connectivity index (χ0n) is 18.8. The molecular weight excluding hydrogens is 510 g/mol. The summed E-state index contributed by atoms with van der Waals surface area (Å²) in [5.74, 6) is -1.43. The van der Waals surface area contributed by atoms with Crippen molar-refractivity contribution < 1.29 is 18.3 Å². The second kappa shape index (κ2) is 8.23. The number of piperidine rings is 1. The van der Waals surface area contributed by atoms with E-state index in [4.69, 9.17) is 4.74 Å². The summed E-state index contributed by atoms with van der Waals surface area (Å²) in [5, 5.41) is 6.40. The summed E-state index contributed by atoms with van der Waals surface area (Å²) < 4.78 is 35.6. The zero-order chi connectivity index (χ0) is 23.5. The average molecular weight is 537 g/mol. The SMILES string of the molecule is O=C1NCC2(CCCNC2)N1c1nc(OCC23CCCN2CCC3)nc2c(F)c(Br)c(F)cc12. The smallest absolute Gasteiger partial charge is 0.323 e. The number of urea groups is 1. The minimum atomic E-state index is -0.833. The molecule has 8 nitrogen and oxygen atoms in total. The number of hydrogen-bond acceptors (Lipinski definition) is 6. The van der Waals surface area contributed by atoms with Gasteiger partial charge in [0.1, 0.15) is 17.9 Å². The molecule has 0 saturated carbocycles. The quantitative estimate of drug-likeness (QED) is 0.583. The maximum Gasteiger partial charge on any atom is 0.323 e. The molecule has 1 spiro atoms. The lowest BCUT2D eigenvalue weighted by Crippen LogP contribution is -2.57. The number of nitrogens with one attached hydrogen (secondary N) is 2. The van der Waals surface area contributed by atoms with Gasteiger partial charge in [-0.15, -0.1) is 0 Å². The van der Waals surface area contributed by atoms with E-state index >= 15 is 4.39 Å². The fourth-order valence-electron chi connectivity index (χ4n) is 6.26. The Kier molecular flexibility index (Phi) is 5.42. The maximum absolute atomic E-state index is 15.2. The van der Waals surface area contributed by atoms with Crippen LogP contribution in [0.5, 0.6) is 6.01 Å². The van der Waals surface area contributed by atoms with Crippen LogP contribution in [0, 0.1) is 11.6 Å². The number of carbonyl (C=O) groups excluding carboxylic acids is 1. The predicted octanol–water partition coefficient (Wildman–Crippen LogP) is 3.33. The van der Waals surface area contributed by atoms with Gasteiger partial charge in [0.25, 0.3) is 0 Å². The van der Waals surface area contributed by atoms with Crippen molar-refractivity contribution in [2.75, 3.05) is 44.2 Å². The number of amides is 2. The summed E-state index contributed by atoms with van der Waals surface area (Å²) in [6, 6.07) is 0.854. The summed E-state index contributed by atoms with van der Waals surface area (Å²) in [6.07, 6.45) is 5.96. The average Bonchev–Trinajstić information content (AvgIpc) is 3.50. The molecule has 1 aromatic heterocycles. The molecule has 182 valence electrons.